The van der Waals surface area contributed by atoms with Crippen molar-refractivity contribution in [2.45, 2.75) is 26.2 Å². The fourth-order valence-electron chi connectivity index (χ4n) is 3.08. The molecule has 184 valence electrons. The van der Waals surface area contributed by atoms with E-state index in [1.807, 2.05) is 22.9 Å². The highest BCUT2D eigenvalue weighted by Crippen LogP contribution is 2.31. The van der Waals surface area contributed by atoms with Crippen LogP contribution < -0.4 is 0 Å². The number of halogens is 4. The van der Waals surface area contributed by atoms with Gasteiger partial charge in [0.1, 0.15) is 12.3 Å². The predicted molar refractivity (Wildman–Crippen MR) is 137 cm³/mol. The topological polar surface area (TPSA) is 88.0 Å². The Morgan fingerprint density at radius 1 is 1.09 bits per heavy atom. The van der Waals surface area contributed by atoms with E-state index in [-0.39, 0.29) is 11.9 Å². The zero-order valence-corrected chi connectivity index (χ0v) is 21.8. The smallest absolute Gasteiger partial charge is 0.342 e. The van der Waals surface area contributed by atoms with E-state index in [1.165, 1.54) is 10.8 Å². The van der Waals surface area contributed by atoms with Crippen LogP contribution in [0.2, 0.25) is 20.1 Å². The van der Waals surface area contributed by atoms with E-state index in [0.29, 0.717) is 39.1 Å². The summed E-state index contributed by atoms with van der Waals surface area (Å²) >= 11 is 24.5. The van der Waals surface area contributed by atoms with Crippen LogP contribution >= 0.6 is 46.4 Å². The van der Waals surface area contributed by atoms with Gasteiger partial charge in [0.15, 0.2) is 5.82 Å². The zero-order valence-electron chi connectivity index (χ0n) is 18.7. The molecular formula is C23H21Cl4N5O3. The summed E-state index contributed by atoms with van der Waals surface area (Å²) < 4.78 is 9.49. The van der Waals surface area contributed by atoms with E-state index in [2.05, 4.69) is 9.97 Å². The molecule has 12 heteroatoms. The second-order valence-corrected chi connectivity index (χ2v) is 9.13. The molecule has 35 heavy (non-hydrogen) atoms. The fourth-order valence-corrected chi connectivity index (χ4v) is 4.07. The average molecular weight is 557 g/mol. The molecule has 0 amide bonds. The second kappa shape index (κ2) is 12.4. The number of rotatable bonds is 7. The predicted octanol–water partition coefficient (Wildman–Crippen LogP) is 7.09. The van der Waals surface area contributed by atoms with Crippen LogP contribution in [0.15, 0.2) is 61.3 Å². The number of aromatic nitrogens is 4. The van der Waals surface area contributed by atoms with E-state index >= 15 is 0 Å². The fraction of sp³-hybridized carbons (Fsp3) is 0.217. The Balaban J connectivity index is 0.000000287. The van der Waals surface area contributed by atoms with Crippen LogP contribution in [0, 0.1) is 17.0 Å². The van der Waals surface area contributed by atoms with Gasteiger partial charge in [-0.15, -0.1) is 0 Å². The maximum Gasteiger partial charge on any atom is 0.342 e. The first kappa shape index (κ1) is 27.0. The molecule has 2 heterocycles. The quantitative estimate of drug-likeness (QED) is 0.179. The third-order valence-electron chi connectivity index (χ3n) is 5.08. The number of hydrogen-bond acceptors (Lipinski definition) is 5. The summed E-state index contributed by atoms with van der Waals surface area (Å²) in [5, 5.41) is 12.5. The van der Waals surface area contributed by atoms with Crippen molar-refractivity contribution >= 4 is 52.2 Å². The number of nitrogens with zero attached hydrogens (tertiary/aromatic N) is 5. The Labute approximate surface area is 222 Å². The van der Waals surface area contributed by atoms with Crippen LogP contribution in [0.25, 0.3) is 0 Å². The molecule has 2 aromatic heterocycles. The van der Waals surface area contributed by atoms with E-state index in [9.17, 15) is 10.1 Å². The van der Waals surface area contributed by atoms with Crippen LogP contribution in [-0.2, 0) is 24.9 Å². The largest absolute Gasteiger partial charge is 0.367 e. The van der Waals surface area contributed by atoms with Crippen molar-refractivity contribution in [3.8, 4) is 0 Å². The number of ether oxygens (including phenoxy) is 1. The van der Waals surface area contributed by atoms with Gasteiger partial charge in [-0.3, -0.25) is 0 Å². The van der Waals surface area contributed by atoms with Gasteiger partial charge in [0.05, 0.1) is 26.5 Å². The first-order chi connectivity index (χ1) is 16.7. The molecule has 0 saturated carbocycles. The van der Waals surface area contributed by atoms with Crippen molar-refractivity contribution in [2.75, 3.05) is 0 Å². The molecule has 0 aliphatic carbocycles. The van der Waals surface area contributed by atoms with Crippen molar-refractivity contribution in [3.05, 3.63) is 108 Å². The molecule has 0 fully saturated rings. The number of benzene rings is 2. The lowest BCUT2D eigenvalue weighted by Crippen LogP contribution is -2.12. The number of imidazole rings is 2. The molecular weight excluding hydrogens is 536 g/mol. The Bertz CT molecular complexity index is 1290. The second-order valence-electron chi connectivity index (χ2n) is 7.44. The van der Waals surface area contributed by atoms with E-state index < -0.39 is 4.92 Å². The summed E-state index contributed by atoms with van der Waals surface area (Å²) in [6.45, 7) is 2.61. The summed E-state index contributed by atoms with van der Waals surface area (Å²) in [6, 6.07) is 10.7. The number of aryl methyl sites for hydroxylation is 1. The highest BCUT2D eigenvalue weighted by atomic mass is 35.5. The summed E-state index contributed by atoms with van der Waals surface area (Å²) in [5.41, 5.74) is 1.71. The minimum Gasteiger partial charge on any atom is -0.367 e. The molecule has 0 aliphatic heterocycles. The van der Waals surface area contributed by atoms with Gasteiger partial charge < -0.3 is 19.4 Å². The summed E-state index contributed by atoms with van der Waals surface area (Å²) in [7, 11) is 1.61. The minimum atomic E-state index is -0.458. The van der Waals surface area contributed by atoms with Gasteiger partial charge in [0.25, 0.3) is 0 Å². The molecule has 1 unspecified atom stereocenters. The van der Waals surface area contributed by atoms with E-state index in [1.54, 1.807) is 50.8 Å². The maximum atomic E-state index is 10.2. The van der Waals surface area contributed by atoms with Crippen molar-refractivity contribution in [3.63, 3.8) is 0 Å². The van der Waals surface area contributed by atoms with Crippen LogP contribution in [0.5, 0.6) is 0 Å². The zero-order chi connectivity index (χ0) is 25.5. The highest BCUT2D eigenvalue weighted by Gasteiger charge is 2.18. The van der Waals surface area contributed by atoms with Crippen molar-refractivity contribution in [1.82, 2.24) is 19.1 Å². The molecule has 0 radical (unpaired) electrons. The molecule has 4 aromatic rings. The molecule has 0 N–H and O–H groups in total. The van der Waals surface area contributed by atoms with Crippen molar-refractivity contribution in [1.29, 1.82) is 0 Å². The van der Waals surface area contributed by atoms with Gasteiger partial charge in [0, 0.05) is 45.0 Å². The van der Waals surface area contributed by atoms with Crippen LogP contribution in [-0.4, -0.2) is 24.0 Å². The molecule has 2 aromatic carbocycles. The number of hydrogen-bond donors (Lipinski definition) is 0. The normalized spacial score (nSPS) is 11.6. The summed E-state index contributed by atoms with van der Waals surface area (Å²) in [5.74, 6) is 0.671. The third-order valence-corrected chi connectivity index (χ3v) is 6.23. The Morgan fingerprint density at radius 3 is 2.29 bits per heavy atom. The van der Waals surface area contributed by atoms with E-state index in [0.717, 1.165) is 11.1 Å². The highest BCUT2D eigenvalue weighted by molar-refractivity contribution is 6.35. The third kappa shape index (κ3) is 7.43. The van der Waals surface area contributed by atoms with Crippen molar-refractivity contribution in [2.24, 2.45) is 7.05 Å². The van der Waals surface area contributed by atoms with E-state index in [4.69, 9.17) is 51.1 Å². The standard InChI is InChI=1S/C18H14Cl4N2O.C5H7N3O2/c19-13-2-1-12(16(21)7-13)10-25-18(9-24-6-5-23-11-24)15-4-3-14(20)8-17(15)22;1-4-6-3-5(7(4)2)8(9)10/h1-8,11,18H,9-10H2;3H,1-2H3. The molecule has 0 spiro atoms. The lowest BCUT2D eigenvalue weighted by Gasteiger charge is -2.21. The van der Waals surface area contributed by atoms with Crippen LogP contribution in [0.1, 0.15) is 23.1 Å². The Hall–Kier alpha value is -2.62. The van der Waals surface area contributed by atoms with Gasteiger partial charge in [-0.05, 0) is 34.8 Å². The Morgan fingerprint density at radius 2 is 1.77 bits per heavy atom. The number of nitro groups is 1. The molecule has 1 atom stereocenters. The van der Waals surface area contributed by atoms with Crippen LogP contribution in [0.4, 0.5) is 5.82 Å². The van der Waals surface area contributed by atoms with Gasteiger partial charge in [0.2, 0.25) is 0 Å². The van der Waals surface area contributed by atoms with Gasteiger partial charge in [-0.25, -0.2) is 14.5 Å². The van der Waals surface area contributed by atoms with Gasteiger partial charge in [-0.1, -0.05) is 58.5 Å². The maximum absolute atomic E-state index is 10.2. The lowest BCUT2D eigenvalue weighted by molar-refractivity contribution is -0.391. The first-order valence-electron chi connectivity index (χ1n) is 10.2. The Kier molecular flexibility index (Phi) is 9.54. The van der Waals surface area contributed by atoms with Gasteiger partial charge >= 0.3 is 5.82 Å². The molecule has 0 saturated heterocycles. The molecule has 8 nitrogen and oxygen atoms in total. The monoisotopic (exact) mass is 555 g/mol. The SMILES string of the molecule is Cc1ncc([N+](=O)[O-])n1C.Clc1ccc(COC(Cn2ccnc2)c2ccc(Cl)cc2Cl)c(Cl)c1. The van der Waals surface area contributed by atoms with Gasteiger partial charge in [-0.2, -0.15) is 0 Å². The molecule has 0 aliphatic rings. The minimum absolute atomic E-state index is 0.0255. The molecule has 4 rings (SSSR count). The van der Waals surface area contributed by atoms with Crippen molar-refractivity contribution < 1.29 is 9.66 Å². The molecule has 0 bridgehead atoms. The lowest BCUT2D eigenvalue weighted by atomic mass is 10.1. The summed E-state index contributed by atoms with van der Waals surface area (Å²) in [4.78, 5) is 17.5. The first-order valence-corrected chi connectivity index (χ1v) is 11.8. The summed E-state index contributed by atoms with van der Waals surface area (Å²) in [6.07, 6.45) is 6.28. The van der Waals surface area contributed by atoms with Crippen LogP contribution in [0.3, 0.4) is 0 Å². The average Bonchev–Trinajstić information content (AvgIpc) is 3.43.